The number of aromatic nitrogens is 4. The zero-order chi connectivity index (χ0) is 29.1. The molecule has 4 aromatic rings. The highest BCUT2D eigenvalue weighted by atomic mass is 19.1. The second kappa shape index (κ2) is 12.1. The molecule has 2 aromatic heterocycles. The predicted molar refractivity (Wildman–Crippen MR) is 157 cm³/mol. The topological polar surface area (TPSA) is 100 Å². The van der Waals surface area contributed by atoms with Crippen LogP contribution in [0.2, 0.25) is 0 Å². The molecule has 12 heteroatoms. The van der Waals surface area contributed by atoms with Crippen molar-refractivity contribution < 1.29 is 18.3 Å². The minimum atomic E-state index is -0.679. The summed E-state index contributed by atoms with van der Waals surface area (Å²) in [6.45, 7) is 6.93. The number of carbonyl (C=O) groups excluding carboxylic acids is 1. The van der Waals surface area contributed by atoms with Crippen LogP contribution in [0, 0.1) is 11.6 Å². The summed E-state index contributed by atoms with van der Waals surface area (Å²) in [6, 6.07) is 12.3. The molecule has 0 aliphatic carbocycles. The molecule has 1 amide bonds. The van der Waals surface area contributed by atoms with Gasteiger partial charge in [-0.1, -0.05) is 36.9 Å². The monoisotopic (exact) mass is 574 g/mol. The Kier molecular flexibility index (Phi) is 7.95. The number of halogens is 2. The molecule has 0 saturated carbocycles. The van der Waals surface area contributed by atoms with Crippen molar-refractivity contribution in [1.29, 1.82) is 0 Å². The van der Waals surface area contributed by atoms with Gasteiger partial charge in [-0.3, -0.25) is 4.79 Å². The summed E-state index contributed by atoms with van der Waals surface area (Å²) in [6.07, 6.45) is 4.70. The number of carbonyl (C=O) groups is 1. The first-order valence-corrected chi connectivity index (χ1v) is 14.0. The van der Waals surface area contributed by atoms with Gasteiger partial charge in [-0.25, -0.2) is 13.8 Å². The Bertz CT molecular complexity index is 1570. The number of rotatable bonds is 8. The predicted octanol–water partition coefficient (Wildman–Crippen LogP) is 4.65. The van der Waals surface area contributed by atoms with E-state index in [1.54, 1.807) is 16.1 Å². The summed E-state index contributed by atoms with van der Waals surface area (Å²) in [4.78, 5) is 29.7. The van der Waals surface area contributed by atoms with Gasteiger partial charge in [0, 0.05) is 38.4 Å². The third-order valence-electron chi connectivity index (χ3n) is 7.60. The SMILES string of the molecule is C=CC(=O)N1CCC[C@H](n2cnc3c(NCc4ccccc4)nc(Nc4cc(F)c(N5CCOCC5)c(F)c4)nc32)C1. The molecule has 2 saturated heterocycles. The van der Waals surface area contributed by atoms with Gasteiger partial charge >= 0.3 is 0 Å². The Balaban J connectivity index is 1.34. The third kappa shape index (κ3) is 5.75. The summed E-state index contributed by atoms with van der Waals surface area (Å²) < 4.78 is 37.6. The standard InChI is InChI=1S/C30H32F2N8O2/c1-2-25(41)39-10-6-9-22(18-39)40-19-34-26-28(33-17-20-7-4-3-5-8-20)36-30(37-29(26)40)35-21-15-23(31)27(24(32)16-21)38-11-13-42-14-12-38/h2-5,7-8,15-16,19,22H,1,6,9-14,17-18H2,(H2,33,35,36,37)/t22-/m0/s1. The molecule has 1 atom stereocenters. The lowest BCUT2D eigenvalue weighted by Crippen LogP contribution is -2.39. The second-order valence-electron chi connectivity index (χ2n) is 10.4. The number of hydrogen-bond acceptors (Lipinski definition) is 8. The highest BCUT2D eigenvalue weighted by molar-refractivity contribution is 5.87. The molecule has 2 fully saturated rings. The minimum absolute atomic E-state index is 0.0555. The van der Waals surface area contributed by atoms with Crippen molar-refractivity contribution in [2.24, 2.45) is 0 Å². The average Bonchev–Trinajstić information content (AvgIpc) is 3.44. The number of anilines is 4. The number of morpholine rings is 1. The Hall–Kier alpha value is -4.58. The summed E-state index contributed by atoms with van der Waals surface area (Å²) in [5, 5.41) is 6.34. The van der Waals surface area contributed by atoms with Gasteiger partial charge in [0.25, 0.3) is 0 Å². The smallest absolute Gasteiger partial charge is 0.246 e. The molecule has 4 heterocycles. The van der Waals surface area contributed by atoms with Gasteiger partial charge in [-0.2, -0.15) is 9.97 Å². The van der Waals surface area contributed by atoms with Crippen molar-refractivity contribution in [3.05, 3.63) is 78.6 Å². The van der Waals surface area contributed by atoms with Gasteiger partial charge in [-0.15, -0.1) is 0 Å². The van der Waals surface area contributed by atoms with Crippen LogP contribution in [0.3, 0.4) is 0 Å². The van der Waals surface area contributed by atoms with Gasteiger partial charge in [0.2, 0.25) is 11.9 Å². The molecule has 42 heavy (non-hydrogen) atoms. The van der Waals surface area contributed by atoms with E-state index in [0.717, 1.165) is 18.4 Å². The first-order valence-electron chi connectivity index (χ1n) is 14.0. The number of imidazole rings is 1. The van der Waals surface area contributed by atoms with E-state index in [9.17, 15) is 4.79 Å². The van der Waals surface area contributed by atoms with E-state index in [1.807, 2.05) is 34.9 Å². The summed E-state index contributed by atoms with van der Waals surface area (Å²) in [5.41, 5.74) is 2.27. The van der Waals surface area contributed by atoms with Crippen LogP contribution < -0.4 is 15.5 Å². The number of amides is 1. The van der Waals surface area contributed by atoms with Crippen LogP contribution in [0.15, 0.2) is 61.4 Å². The number of nitrogens with one attached hydrogen (secondary N) is 2. The molecular formula is C30H32F2N8O2. The zero-order valence-corrected chi connectivity index (χ0v) is 23.1. The van der Waals surface area contributed by atoms with E-state index in [-0.39, 0.29) is 29.3 Å². The lowest BCUT2D eigenvalue weighted by atomic mass is 10.1. The molecule has 2 N–H and O–H groups in total. The fraction of sp³-hybridized carbons (Fsp3) is 0.333. The van der Waals surface area contributed by atoms with Crippen LogP contribution in [0.4, 0.5) is 31.9 Å². The molecule has 0 bridgehead atoms. The van der Waals surface area contributed by atoms with Crippen molar-refractivity contribution in [2.45, 2.75) is 25.4 Å². The zero-order valence-electron chi connectivity index (χ0n) is 23.1. The highest BCUT2D eigenvalue weighted by Crippen LogP contribution is 2.31. The van der Waals surface area contributed by atoms with Crippen LogP contribution in [-0.2, 0) is 16.1 Å². The molecule has 2 aromatic carbocycles. The third-order valence-corrected chi connectivity index (χ3v) is 7.60. The van der Waals surface area contributed by atoms with E-state index < -0.39 is 11.6 Å². The van der Waals surface area contributed by atoms with Crippen molar-refractivity contribution >= 4 is 40.2 Å². The lowest BCUT2D eigenvalue weighted by molar-refractivity contribution is -0.127. The molecule has 0 spiro atoms. The molecule has 218 valence electrons. The second-order valence-corrected chi connectivity index (χ2v) is 10.4. The number of benzene rings is 2. The molecule has 10 nitrogen and oxygen atoms in total. The van der Waals surface area contributed by atoms with Crippen molar-refractivity contribution in [3.8, 4) is 0 Å². The van der Waals surface area contributed by atoms with Gasteiger partial charge in [0.15, 0.2) is 28.6 Å². The maximum absolute atomic E-state index is 15.2. The quantitative estimate of drug-likeness (QED) is 0.294. The normalized spacial score (nSPS) is 17.3. The van der Waals surface area contributed by atoms with Gasteiger partial charge in [-0.05, 0) is 36.6 Å². The first kappa shape index (κ1) is 27.6. The first-order chi connectivity index (χ1) is 20.5. The maximum atomic E-state index is 15.2. The van der Waals surface area contributed by atoms with Crippen LogP contribution in [0.5, 0.6) is 0 Å². The lowest BCUT2D eigenvalue weighted by Gasteiger charge is -2.32. The maximum Gasteiger partial charge on any atom is 0.246 e. The fourth-order valence-electron chi connectivity index (χ4n) is 5.51. The molecule has 6 rings (SSSR count). The number of piperidine rings is 1. The highest BCUT2D eigenvalue weighted by Gasteiger charge is 2.26. The van der Waals surface area contributed by atoms with Crippen LogP contribution >= 0.6 is 0 Å². The van der Waals surface area contributed by atoms with Crippen LogP contribution in [-0.4, -0.2) is 69.7 Å². The molecule has 0 unspecified atom stereocenters. The largest absolute Gasteiger partial charge is 0.378 e. The Morgan fingerprint density at radius 1 is 1.10 bits per heavy atom. The number of ether oxygens (including phenoxy) is 1. The van der Waals surface area contributed by atoms with E-state index >= 15 is 8.78 Å². The Morgan fingerprint density at radius 3 is 2.60 bits per heavy atom. The summed E-state index contributed by atoms with van der Waals surface area (Å²) >= 11 is 0. The van der Waals surface area contributed by atoms with Crippen molar-refractivity contribution in [3.63, 3.8) is 0 Å². The number of hydrogen-bond donors (Lipinski definition) is 2. The minimum Gasteiger partial charge on any atom is -0.378 e. The summed E-state index contributed by atoms with van der Waals surface area (Å²) in [7, 11) is 0. The van der Waals surface area contributed by atoms with Gasteiger partial charge in [0.1, 0.15) is 5.69 Å². The van der Waals surface area contributed by atoms with E-state index in [4.69, 9.17) is 9.72 Å². The van der Waals surface area contributed by atoms with Crippen LogP contribution in [0.1, 0.15) is 24.4 Å². The molecule has 0 radical (unpaired) electrons. The number of likely N-dealkylation sites (tertiary alicyclic amines) is 1. The van der Waals surface area contributed by atoms with Gasteiger partial charge in [0.05, 0.1) is 25.6 Å². The molecular weight excluding hydrogens is 542 g/mol. The number of nitrogens with zero attached hydrogens (tertiary/aromatic N) is 6. The summed E-state index contributed by atoms with van der Waals surface area (Å²) in [5.74, 6) is -0.835. The van der Waals surface area contributed by atoms with E-state index in [2.05, 4.69) is 27.2 Å². The van der Waals surface area contributed by atoms with E-state index in [1.165, 1.54) is 18.2 Å². The fourth-order valence-corrected chi connectivity index (χ4v) is 5.51. The van der Waals surface area contributed by atoms with Gasteiger partial charge < -0.3 is 29.7 Å². The Labute approximate surface area is 242 Å². The molecule has 2 aliphatic rings. The van der Waals surface area contributed by atoms with Crippen molar-refractivity contribution in [2.75, 3.05) is 54.9 Å². The van der Waals surface area contributed by atoms with E-state index in [0.29, 0.717) is 62.9 Å². The number of fused-ring (bicyclic) bond motifs is 1. The Morgan fingerprint density at radius 2 is 1.86 bits per heavy atom. The van der Waals surface area contributed by atoms with Crippen LogP contribution in [0.25, 0.3) is 11.2 Å². The molecule has 2 aliphatic heterocycles. The van der Waals surface area contributed by atoms with Crippen molar-refractivity contribution in [1.82, 2.24) is 24.4 Å². The average molecular weight is 575 g/mol.